The first-order valence-corrected chi connectivity index (χ1v) is 7.84. The van der Waals surface area contributed by atoms with Gasteiger partial charge in [-0.05, 0) is 45.9 Å². The maximum absolute atomic E-state index is 2.35. The molecule has 1 saturated carbocycles. The third-order valence-electron chi connectivity index (χ3n) is 4.87. The van der Waals surface area contributed by atoms with Crippen LogP contribution in [0.25, 0.3) is 21.5 Å². The van der Waals surface area contributed by atoms with Gasteiger partial charge >= 0.3 is 0 Å². The number of fused-ring (bicyclic) bond motifs is 3. The molecule has 1 aliphatic rings. The molecule has 4 rings (SSSR count). The molecule has 0 unspecified atom stereocenters. The topological polar surface area (TPSA) is 0 Å². The number of hydrogen-bond acceptors (Lipinski definition) is 0. The van der Waals surface area contributed by atoms with Crippen LogP contribution in [0.1, 0.15) is 43.6 Å². The zero-order chi connectivity index (χ0) is 13.4. The van der Waals surface area contributed by atoms with Crippen molar-refractivity contribution < 1.29 is 0 Å². The van der Waals surface area contributed by atoms with Crippen molar-refractivity contribution in [2.45, 2.75) is 38.0 Å². The van der Waals surface area contributed by atoms with Gasteiger partial charge in [0.25, 0.3) is 0 Å². The minimum atomic E-state index is 0.772. The summed E-state index contributed by atoms with van der Waals surface area (Å²) in [6, 6.07) is 20.2. The van der Waals surface area contributed by atoms with Crippen LogP contribution in [0, 0.1) is 0 Å². The predicted molar refractivity (Wildman–Crippen MR) is 87.3 cm³/mol. The fourth-order valence-electron chi connectivity index (χ4n) is 3.83. The molecule has 0 N–H and O–H groups in total. The SMILES string of the molecule is c1ccc2c(c1)ccc1c(C3CCCCC3)cccc12. The zero-order valence-electron chi connectivity index (χ0n) is 11.8. The van der Waals surface area contributed by atoms with Crippen LogP contribution in [0.4, 0.5) is 0 Å². The quantitative estimate of drug-likeness (QED) is 0.468. The van der Waals surface area contributed by atoms with E-state index in [1.807, 2.05) is 0 Å². The van der Waals surface area contributed by atoms with Gasteiger partial charge in [-0.25, -0.2) is 0 Å². The first-order valence-electron chi connectivity index (χ1n) is 7.84. The van der Waals surface area contributed by atoms with Crippen molar-refractivity contribution in [3.63, 3.8) is 0 Å². The van der Waals surface area contributed by atoms with Crippen molar-refractivity contribution in [1.82, 2.24) is 0 Å². The standard InChI is InChI=1S/C20H20/c1-2-7-15(8-3-1)18-11-6-12-19-17-10-5-4-9-16(17)13-14-20(18)19/h4-6,9-15H,1-3,7-8H2. The Hall–Kier alpha value is -1.82. The molecule has 0 radical (unpaired) electrons. The van der Waals surface area contributed by atoms with E-state index in [0.29, 0.717) is 0 Å². The summed E-state index contributed by atoms with van der Waals surface area (Å²) in [5.41, 5.74) is 1.58. The molecular formula is C20H20. The molecule has 1 aliphatic carbocycles. The molecule has 3 aromatic rings. The summed E-state index contributed by atoms with van der Waals surface area (Å²) in [6.45, 7) is 0. The lowest BCUT2D eigenvalue weighted by atomic mass is 9.81. The van der Waals surface area contributed by atoms with Crippen LogP contribution in [0.5, 0.6) is 0 Å². The molecule has 0 bridgehead atoms. The first kappa shape index (κ1) is 12.0. The summed E-state index contributed by atoms with van der Waals surface area (Å²) in [5.74, 6) is 0.772. The lowest BCUT2D eigenvalue weighted by Crippen LogP contribution is -2.04. The third-order valence-corrected chi connectivity index (χ3v) is 4.87. The molecule has 0 saturated heterocycles. The summed E-state index contributed by atoms with van der Waals surface area (Å²) < 4.78 is 0. The molecule has 20 heavy (non-hydrogen) atoms. The Labute approximate surface area is 120 Å². The highest BCUT2D eigenvalue weighted by Gasteiger charge is 2.17. The largest absolute Gasteiger partial charge is 0.0616 e. The van der Waals surface area contributed by atoms with Crippen molar-refractivity contribution in [2.24, 2.45) is 0 Å². The molecule has 0 amide bonds. The molecule has 1 fully saturated rings. The van der Waals surface area contributed by atoms with Crippen LogP contribution in [0.3, 0.4) is 0 Å². The van der Waals surface area contributed by atoms with Crippen LogP contribution in [0.15, 0.2) is 54.6 Å². The molecule has 3 aromatic carbocycles. The van der Waals surface area contributed by atoms with Gasteiger partial charge in [-0.3, -0.25) is 0 Å². The van der Waals surface area contributed by atoms with E-state index in [-0.39, 0.29) is 0 Å². The van der Waals surface area contributed by atoms with E-state index >= 15 is 0 Å². The predicted octanol–water partition coefficient (Wildman–Crippen LogP) is 6.04. The summed E-state index contributed by atoms with van der Waals surface area (Å²) in [6.07, 6.45) is 6.95. The molecule has 0 aliphatic heterocycles. The maximum atomic E-state index is 2.35. The molecule has 0 aromatic heterocycles. The molecule has 0 nitrogen and oxygen atoms in total. The van der Waals surface area contributed by atoms with Gasteiger partial charge in [-0.2, -0.15) is 0 Å². The second-order valence-corrected chi connectivity index (χ2v) is 6.06. The lowest BCUT2D eigenvalue weighted by molar-refractivity contribution is 0.445. The fraction of sp³-hybridized carbons (Fsp3) is 0.300. The van der Waals surface area contributed by atoms with Gasteiger partial charge in [0, 0.05) is 0 Å². The van der Waals surface area contributed by atoms with Crippen LogP contribution in [0.2, 0.25) is 0 Å². The van der Waals surface area contributed by atoms with Crippen molar-refractivity contribution >= 4 is 21.5 Å². The first-order chi connectivity index (χ1) is 9.93. The number of benzene rings is 3. The van der Waals surface area contributed by atoms with Crippen molar-refractivity contribution in [1.29, 1.82) is 0 Å². The summed E-state index contributed by atoms with van der Waals surface area (Å²) in [4.78, 5) is 0. The van der Waals surface area contributed by atoms with Gasteiger partial charge in [0.05, 0.1) is 0 Å². The van der Waals surface area contributed by atoms with E-state index in [9.17, 15) is 0 Å². The minimum Gasteiger partial charge on any atom is -0.0616 e. The molecule has 100 valence electrons. The monoisotopic (exact) mass is 260 g/mol. The van der Waals surface area contributed by atoms with Gasteiger partial charge in [0.1, 0.15) is 0 Å². The Balaban J connectivity index is 1.96. The van der Waals surface area contributed by atoms with Gasteiger partial charge in [-0.15, -0.1) is 0 Å². The Morgan fingerprint density at radius 3 is 2.30 bits per heavy atom. The summed E-state index contributed by atoms with van der Waals surface area (Å²) >= 11 is 0. The van der Waals surface area contributed by atoms with E-state index in [1.54, 1.807) is 5.56 Å². The van der Waals surface area contributed by atoms with E-state index < -0.39 is 0 Å². The van der Waals surface area contributed by atoms with E-state index in [0.717, 1.165) is 5.92 Å². The van der Waals surface area contributed by atoms with Gasteiger partial charge in [0.2, 0.25) is 0 Å². The Morgan fingerprint density at radius 1 is 0.600 bits per heavy atom. The minimum absolute atomic E-state index is 0.772. The van der Waals surface area contributed by atoms with Crippen molar-refractivity contribution in [3.8, 4) is 0 Å². The van der Waals surface area contributed by atoms with Crippen molar-refractivity contribution in [2.75, 3.05) is 0 Å². The van der Waals surface area contributed by atoms with Gasteiger partial charge in [0.15, 0.2) is 0 Å². The zero-order valence-corrected chi connectivity index (χ0v) is 11.8. The van der Waals surface area contributed by atoms with Crippen LogP contribution in [-0.4, -0.2) is 0 Å². The second kappa shape index (κ2) is 4.94. The lowest BCUT2D eigenvalue weighted by Gasteiger charge is -2.23. The van der Waals surface area contributed by atoms with E-state index in [2.05, 4.69) is 54.6 Å². The smallest absolute Gasteiger partial charge is 0.0103 e. The van der Waals surface area contributed by atoms with Gasteiger partial charge < -0.3 is 0 Å². The third kappa shape index (κ3) is 1.91. The van der Waals surface area contributed by atoms with Crippen LogP contribution >= 0.6 is 0 Å². The summed E-state index contributed by atoms with van der Waals surface area (Å²) in [5, 5.41) is 5.63. The average Bonchev–Trinajstić information content (AvgIpc) is 2.55. The molecule has 0 heterocycles. The average molecular weight is 260 g/mol. The van der Waals surface area contributed by atoms with Gasteiger partial charge in [-0.1, -0.05) is 73.9 Å². The normalized spacial score (nSPS) is 16.8. The Kier molecular flexibility index (Phi) is 2.95. The molecule has 0 atom stereocenters. The highest BCUT2D eigenvalue weighted by atomic mass is 14.2. The Bertz CT molecular complexity index is 748. The fourth-order valence-corrected chi connectivity index (χ4v) is 3.83. The molecule has 0 spiro atoms. The second-order valence-electron chi connectivity index (χ2n) is 6.06. The van der Waals surface area contributed by atoms with Crippen LogP contribution < -0.4 is 0 Å². The molecular weight excluding hydrogens is 240 g/mol. The maximum Gasteiger partial charge on any atom is -0.0103 e. The van der Waals surface area contributed by atoms with E-state index in [1.165, 1.54) is 53.6 Å². The Morgan fingerprint density at radius 2 is 1.40 bits per heavy atom. The number of hydrogen-bond donors (Lipinski definition) is 0. The molecule has 0 heteroatoms. The number of rotatable bonds is 1. The van der Waals surface area contributed by atoms with Crippen LogP contribution in [-0.2, 0) is 0 Å². The summed E-state index contributed by atoms with van der Waals surface area (Å²) in [7, 11) is 0. The highest BCUT2D eigenvalue weighted by Crippen LogP contribution is 2.37. The van der Waals surface area contributed by atoms with Crippen molar-refractivity contribution in [3.05, 3.63) is 60.2 Å². The highest BCUT2D eigenvalue weighted by molar-refractivity contribution is 6.08. The van der Waals surface area contributed by atoms with E-state index in [4.69, 9.17) is 0 Å².